The van der Waals surface area contributed by atoms with Crippen LogP contribution in [0.15, 0.2) is 48.5 Å². The van der Waals surface area contributed by atoms with E-state index in [0.29, 0.717) is 21.7 Å². The lowest BCUT2D eigenvalue weighted by molar-refractivity contribution is 0.0926. The van der Waals surface area contributed by atoms with Gasteiger partial charge in [-0.2, -0.15) is 0 Å². The van der Waals surface area contributed by atoms with E-state index in [9.17, 15) is 4.79 Å². The average molecular weight is 457 g/mol. The van der Waals surface area contributed by atoms with E-state index < -0.39 is 0 Å². The van der Waals surface area contributed by atoms with Crippen molar-refractivity contribution < 1.29 is 4.79 Å². The van der Waals surface area contributed by atoms with E-state index >= 15 is 0 Å². The first kappa shape index (κ1) is 21.7. The Bertz CT molecular complexity index is 1090. The lowest BCUT2D eigenvalue weighted by atomic mass is 9.91. The highest BCUT2D eigenvalue weighted by Crippen LogP contribution is 2.29. The third-order valence-electron chi connectivity index (χ3n) is 5.77. The number of hydrogen-bond acceptors (Lipinski definition) is 4. The zero-order chi connectivity index (χ0) is 22.0. The first-order valence-electron chi connectivity index (χ1n) is 10.5. The minimum absolute atomic E-state index is 0.109. The predicted octanol–water partition coefficient (Wildman–Crippen LogP) is 5.76. The van der Waals surface area contributed by atoms with E-state index in [0.717, 1.165) is 48.1 Å². The van der Waals surface area contributed by atoms with Crippen molar-refractivity contribution in [2.24, 2.45) is 0 Å². The molecular formula is C24H26Cl2N4O. The van der Waals surface area contributed by atoms with Gasteiger partial charge < -0.3 is 15.5 Å². The molecule has 1 aromatic heterocycles. The molecule has 3 aromatic rings. The van der Waals surface area contributed by atoms with Crippen LogP contribution in [0.4, 0.5) is 11.5 Å². The zero-order valence-electron chi connectivity index (χ0n) is 17.7. The van der Waals surface area contributed by atoms with Crippen LogP contribution in [0.5, 0.6) is 0 Å². The standard InChI is InChI=1S/C24H26Cl2N4O/c1-30(2)22-14-23(29-21-6-4-3-5-18(21)22)27-16-8-10-17(11-9-16)28-24(31)15-7-12-19(25)20(26)13-15/h3-7,12-14,16-17H,8-11H2,1-2H3,(H,27,29)(H,28,31). The highest BCUT2D eigenvalue weighted by molar-refractivity contribution is 6.42. The summed E-state index contributed by atoms with van der Waals surface area (Å²) < 4.78 is 0. The number of halogens is 2. The smallest absolute Gasteiger partial charge is 0.251 e. The molecule has 162 valence electrons. The predicted molar refractivity (Wildman–Crippen MR) is 130 cm³/mol. The number of hydrogen-bond donors (Lipinski definition) is 2. The van der Waals surface area contributed by atoms with Gasteiger partial charge in [-0.3, -0.25) is 4.79 Å². The fourth-order valence-corrected chi connectivity index (χ4v) is 4.40. The maximum absolute atomic E-state index is 12.5. The molecule has 2 N–H and O–H groups in total. The number of carbonyl (C=O) groups excluding carboxylic acids is 1. The first-order valence-corrected chi connectivity index (χ1v) is 11.3. The van der Waals surface area contributed by atoms with Crippen LogP contribution in [-0.4, -0.2) is 37.1 Å². The molecule has 7 heteroatoms. The fraction of sp³-hybridized carbons (Fsp3) is 0.333. The van der Waals surface area contributed by atoms with E-state index in [1.807, 2.05) is 32.3 Å². The van der Waals surface area contributed by atoms with Crippen molar-refractivity contribution in [2.45, 2.75) is 37.8 Å². The van der Waals surface area contributed by atoms with Gasteiger partial charge in [0, 0.05) is 48.9 Å². The van der Waals surface area contributed by atoms with Crippen LogP contribution in [0.1, 0.15) is 36.0 Å². The molecule has 4 rings (SSSR count). The van der Waals surface area contributed by atoms with Gasteiger partial charge in [-0.15, -0.1) is 0 Å². The van der Waals surface area contributed by atoms with Gasteiger partial charge in [-0.1, -0.05) is 41.4 Å². The van der Waals surface area contributed by atoms with Crippen molar-refractivity contribution in [3.8, 4) is 0 Å². The molecule has 0 radical (unpaired) electrons. The summed E-state index contributed by atoms with van der Waals surface area (Å²) in [7, 11) is 4.10. The Kier molecular flexibility index (Phi) is 6.54. The zero-order valence-corrected chi connectivity index (χ0v) is 19.2. The summed E-state index contributed by atoms with van der Waals surface area (Å²) in [5, 5.41) is 8.71. The van der Waals surface area contributed by atoms with Crippen LogP contribution in [0, 0.1) is 0 Å². The summed E-state index contributed by atoms with van der Waals surface area (Å²) in [5.74, 6) is 0.785. The van der Waals surface area contributed by atoms with Crippen molar-refractivity contribution in [1.82, 2.24) is 10.3 Å². The van der Waals surface area contributed by atoms with Gasteiger partial charge in [0.05, 0.1) is 15.6 Å². The van der Waals surface area contributed by atoms with Crippen molar-refractivity contribution >= 4 is 51.5 Å². The number of rotatable bonds is 5. The second kappa shape index (κ2) is 9.33. The number of anilines is 2. The van der Waals surface area contributed by atoms with Crippen molar-refractivity contribution in [3.63, 3.8) is 0 Å². The maximum Gasteiger partial charge on any atom is 0.251 e. The molecule has 31 heavy (non-hydrogen) atoms. The molecule has 0 atom stereocenters. The van der Waals surface area contributed by atoms with E-state index in [2.05, 4.69) is 27.7 Å². The average Bonchev–Trinajstić information content (AvgIpc) is 2.76. The number of benzene rings is 2. The summed E-state index contributed by atoms with van der Waals surface area (Å²) in [6.45, 7) is 0. The molecule has 1 aliphatic carbocycles. The molecule has 0 aliphatic heterocycles. The quantitative estimate of drug-likeness (QED) is 0.512. The van der Waals surface area contributed by atoms with E-state index in [4.69, 9.17) is 28.2 Å². The monoisotopic (exact) mass is 456 g/mol. The molecule has 0 spiro atoms. The normalized spacial score (nSPS) is 18.6. The molecule has 5 nitrogen and oxygen atoms in total. The second-order valence-corrected chi connectivity index (χ2v) is 9.05. The molecule has 0 bridgehead atoms. The SMILES string of the molecule is CN(C)c1cc(NC2CCC(NC(=O)c3ccc(Cl)c(Cl)c3)CC2)nc2ccccc12. The Morgan fingerprint density at radius 3 is 2.39 bits per heavy atom. The highest BCUT2D eigenvalue weighted by atomic mass is 35.5. The third kappa shape index (κ3) is 5.05. The van der Waals surface area contributed by atoms with Gasteiger partial charge in [0.1, 0.15) is 5.82 Å². The van der Waals surface area contributed by atoms with E-state index in [-0.39, 0.29) is 11.9 Å². The summed E-state index contributed by atoms with van der Waals surface area (Å²) in [4.78, 5) is 19.5. The summed E-state index contributed by atoms with van der Waals surface area (Å²) in [6, 6.07) is 15.8. The Labute approximate surface area is 192 Å². The van der Waals surface area contributed by atoms with Crippen LogP contribution in [0.25, 0.3) is 10.9 Å². The number of amides is 1. The Hall–Kier alpha value is -2.50. The van der Waals surface area contributed by atoms with Gasteiger partial charge in [0.25, 0.3) is 5.91 Å². The number of nitrogens with zero attached hydrogens (tertiary/aromatic N) is 2. The summed E-state index contributed by atoms with van der Waals surface area (Å²) in [6.07, 6.45) is 3.77. The van der Waals surface area contributed by atoms with Gasteiger partial charge >= 0.3 is 0 Å². The molecule has 1 amide bonds. The molecule has 0 unspecified atom stereocenters. The van der Waals surface area contributed by atoms with Crippen molar-refractivity contribution in [1.29, 1.82) is 0 Å². The fourth-order valence-electron chi connectivity index (χ4n) is 4.10. The minimum Gasteiger partial charge on any atom is -0.377 e. The van der Waals surface area contributed by atoms with Crippen LogP contribution in [0.3, 0.4) is 0 Å². The topological polar surface area (TPSA) is 57.3 Å². The lowest BCUT2D eigenvalue weighted by Crippen LogP contribution is -2.40. The molecule has 1 aliphatic rings. The number of nitrogens with one attached hydrogen (secondary N) is 2. The number of pyridine rings is 1. The molecule has 1 saturated carbocycles. The van der Waals surface area contributed by atoms with Crippen molar-refractivity contribution in [2.75, 3.05) is 24.3 Å². The Morgan fingerprint density at radius 2 is 1.68 bits per heavy atom. The van der Waals surface area contributed by atoms with E-state index in [1.54, 1.807) is 18.2 Å². The first-order chi connectivity index (χ1) is 14.9. The van der Waals surface area contributed by atoms with Crippen LogP contribution >= 0.6 is 23.2 Å². The molecule has 0 saturated heterocycles. The van der Waals surface area contributed by atoms with Gasteiger partial charge in [0.15, 0.2) is 0 Å². The number of para-hydroxylation sites is 1. The molecule has 2 aromatic carbocycles. The second-order valence-electron chi connectivity index (χ2n) is 8.23. The van der Waals surface area contributed by atoms with Crippen LogP contribution in [0.2, 0.25) is 10.0 Å². The minimum atomic E-state index is -0.109. The number of aromatic nitrogens is 1. The highest BCUT2D eigenvalue weighted by Gasteiger charge is 2.23. The Balaban J connectivity index is 1.37. The molecule has 1 fully saturated rings. The molecule has 1 heterocycles. The van der Waals surface area contributed by atoms with Crippen LogP contribution < -0.4 is 15.5 Å². The Morgan fingerprint density at radius 1 is 0.968 bits per heavy atom. The van der Waals surface area contributed by atoms with Gasteiger partial charge in [-0.05, 0) is 49.9 Å². The lowest BCUT2D eigenvalue weighted by Gasteiger charge is -2.30. The molecular weight excluding hydrogens is 431 g/mol. The largest absolute Gasteiger partial charge is 0.377 e. The number of carbonyl (C=O) groups is 1. The third-order valence-corrected chi connectivity index (χ3v) is 6.51. The summed E-state index contributed by atoms with van der Waals surface area (Å²) in [5.41, 5.74) is 2.67. The maximum atomic E-state index is 12.5. The summed E-state index contributed by atoms with van der Waals surface area (Å²) >= 11 is 12.0. The van der Waals surface area contributed by atoms with Gasteiger partial charge in [-0.25, -0.2) is 4.98 Å². The van der Waals surface area contributed by atoms with Crippen molar-refractivity contribution in [3.05, 3.63) is 64.1 Å². The van der Waals surface area contributed by atoms with E-state index in [1.165, 1.54) is 0 Å². The van der Waals surface area contributed by atoms with Gasteiger partial charge in [0.2, 0.25) is 0 Å². The number of fused-ring (bicyclic) bond motifs is 1. The van der Waals surface area contributed by atoms with Crippen LogP contribution in [-0.2, 0) is 0 Å².